The molecule has 0 saturated heterocycles. The number of halogens is 2. The molecule has 0 spiro atoms. The normalized spacial score (nSPS) is 10.6. The Morgan fingerprint density at radius 2 is 1.96 bits per heavy atom. The molecule has 27 heavy (non-hydrogen) atoms. The van der Waals surface area contributed by atoms with Crippen LogP contribution in [0.4, 0.5) is 0 Å². The molecule has 0 aliphatic rings. The molecule has 3 aromatic rings. The Labute approximate surface area is 166 Å². The van der Waals surface area contributed by atoms with Gasteiger partial charge in [-0.05, 0) is 42.0 Å². The lowest BCUT2D eigenvalue weighted by Gasteiger charge is -2.06. The summed E-state index contributed by atoms with van der Waals surface area (Å²) >= 11 is 11.9. The third-order valence-electron chi connectivity index (χ3n) is 3.87. The zero-order valence-corrected chi connectivity index (χ0v) is 16.0. The van der Waals surface area contributed by atoms with Gasteiger partial charge in [0.15, 0.2) is 0 Å². The zero-order chi connectivity index (χ0) is 19.2. The summed E-state index contributed by atoms with van der Waals surface area (Å²) in [6, 6.07) is 12.5. The summed E-state index contributed by atoms with van der Waals surface area (Å²) in [5.74, 6) is 1.49. The highest BCUT2D eigenvalue weighted by Gasteiger charge is 2.11. The number of aryl methyl sites for hydroxylation is 1. The van der Waals surface area contributed by atoms with Crippen LogP contribution in [-0.2, 0) is 17.8 Å². The lowest BCUT2D eigenvalue weighted by molar-refractivity contribution is -0.121. The van der Waals surface area contributed by atoms with Gasteiger partial charge in [-0.15, -0.1) is 0 Å². The van der Waals surface area contributed by atoms with E-state index < -0.39 is 0 Å². The van der Waals surface area contributed by atoms with Crippen molar-refractivity contribution in [3.8, 4) is 17.1 Å². The van der Waals surface area contributed by atoms with Crippen LogP contribution in [0.5, 0.6) is 5.75 Å². The Hall–Kier alpha value is -2.57. The van der Waals surface area contributed by atoms with E-state index in [4.69, 9.17) is 32.5 Å². The maximum absolute atomic E-state index is 12.0. The highest BCUT2D eigenvalue weighted by Crippen LogP contribution is 2.21. The summed E-state index contributed by atoms with van der Waals surface area (Å²) in [4.78, 5) is 16.3. The van der Waals surface area contributed by atoms with Crippen LogP contribution in [-0.4, -0.2) is 23.2 Å². The van der Waals surface area contributed by atoms with E-state index in [1.54, 1.807) is 25.3 Å². The van der Waals surface area contributed by atoms with Gasteiger partial charge in [0.25, 0.3) is 0 Å². The largest absolute Gasteiger partial charge is 0.497 e. The molecule has 6 nitrogen and oxygen atoms in total. The molecular weight excluding hydrogens is 389 g/mol. The molecule has 0 saturated carbocycles. The number of aromatic nitrogens is 2. The summed E-state index contributed by atoms with van der Waals surface area (Å²) in [5.41, 5.74) is 1.61. The molecule has 0 unspecified atom stereocenters. The zero-order valence-electron chi connectivity index (χ0n) is 14.5. The smallest absolute Gasteiger partial charge is 0.227 e. The summed E-state index contributed by atoms with van der Waals surface area (Å²) in [6.07, 6.45) is 0.582. The van der Waals surface area contributed by atoms with Gasteiger partial charge in [-0.1, -0.05) is 34.4 Å². The molecule has 0 radical (unpaired) electrons. The summed E-state index contributed by atoms with van der Waals surface area (Å²) < 4.78 is 10.3. The lowest BCUT2D eigenvalue weighted by Crippen LogP contribution is -2.23. The minimum Gasteiger partial charge on any atom is -0.497 e. The van der Waals surface area contributed by atoms with Crippen LogP contribution in [0.15, 0.2) is 47.0 Å². The predicted octanol–water partition coefficient (Wildman–Crippen LogP) is 4.30. The van der Waals surface area contributed by atoms with E-state index in [1.165, 1.54) is 0 Å². The van der Waals surface area contributed by atoms with Gasteiger partial charge in [-0.3, -0.25) is 4.79 Å². The second-order valence-electron chi connectivity index (χ2n) is 5.75. The van der Waals surface area contributed by atoms with Crippen molar-refractivity contribution < 1.29 is 14.1 Å². The van der Waals surface area contributed by atoms with Crippen molar-refractivity contribution in [3.63, 3.8) is 0 Å². The van der Waals surface area contributed by atoms with Gasteiger partial charge in [-0.2, -0.15) is 4.98 Å². The molecule has 0 bridgehead atoms. The molecule has 140 valence electrons. The molecule has 1 aromatic heterocycles. The van der Waals surface area contributed by atoms with Gasteiger partial charge in [0.2, 0.25) is 17.6 Å². The first kappa shape index (κ1) is 19.2. The van der Waals surface area contributed by atoms with Crippen molar-refractivity contribution in [1.82, 2.24) is 15.5 Å². The molecule has 1 N–H and O–H groups in total. The van der Waals surface area contributed by atoms with Crippen molar-refractivity contribution in [3.05, 3.63) is 64.0 Å². The van der Waals surface area contributed by atoms with Gasteiger partial charge >= 0.3 is 0 Å². The van der Waals surface area contributed by atoms with Gasteiger partial charge in [-0.25, -0.2) is 0 Å². The molecule has 0 fully saturated rings. The van der Waals surface area contributed by atoms with E-state index in [2.05, 4.69) is 15.5 Å². The van der Waals surface area contributed by atoms with E-state index in [9.17, 15) is 4.79 Å². The Balaban J connectivity index is 1.51. The molecular formula is C19H17Cl2N3O3. The van der Waals surface area contributed by atoms with Crippen molar-refractivity contribution in [2.24, 2.45) is 0 Å². The molecule has 0 atom stereocenters. The molecule has 8 heteroatoms. The fraction of sp³-hybridized carbons (Fsp3) is 0.211. The van der Waals surface area contributed by atoms with E-state index in [0.717, 1.165) is 16.9 Å². The van der Waals surface area contributed by atoms with Crippen LogP contribution >= 0.6 is 23.2 Å². The number of carbonyl (C=O) groups is 1. The van der Waals surface area contributed by atoms with E-state index in [0.29, 0.717) is 34.7 Å². The van der Waals surface area contributed by atoms with Gasteiger partial charge in [0.05, 0.1) is 7.11 Å². The van der Waals surface area contributed by atoms with Crippen LogP contribution in [0.25, 0.3) is 11.4 Å². The van der Waals surface area contributed by atoms with Crippen LogP contribution in [0, 0.1) is 0 Å². The summed E-state index contributed by atoms with van der Waals surface area (Å²) in [7, 11) is 1.60. The standard InChI is InChI=1S/C19H17Cl2N3O3/c1-26-15-6-3-12(4-7-15)19-23-18(27-24-19)9-8-17(25)22-11-13-2-5-14(20)10-16(13)21/h2-7,10H,8-9,11H2,1H3,(H,22,25). The Kier molecular flexibility index (Phi) is 6.32. The highest BCUT2D eigenvalue weighted by molar-refractivity contribution is 6.35. The SMILES string of the molecule is COc1ccc(-c2noc(CCC(=O)NCc3ccc(Cl)cc3Cl)n2)cc1. The molecule has 3 rings (SSSR count). The maximum Gasteiger partial charge on any atom is 0.227 e. The first-order valence-corrected chi connectivity index (χ1v) is 8.98. The fourth-order valence-electron chi connectivity index (χ4n) is 2.38. The first-order chi connectivity index (χ1) is 13.0. The van der Waals surface area contributed by atoms with E-state index in [1.807, 2.05) is 24.3 Å². The number of rotatable bonds is 7. The van der Waals surface area contributed by atoms with Gasteiger partial charge < -0.3 is 14.6 Å². The predicted molar refractivity (Wildman–Crippen MR) is 103 cm³/mol. The molecule has 0 aliphatic heterocycles. The molecule has 1 heterocycles. The number of methoxy groups -OCH3 is 1. The summed E-state index contributed by atoms with van der Waals surface area (Å²) in [6.45, 7) is 0.329. The lowest BCUT2D eigenvalue weighted by atomic mass is 10.2. The number of benzene rings is 2. The number of amides is 1. The third kappa shape index (κ3) is 5.21. The molecule has 1 amide bonds. The number of nitrogens with one attached hydrogen (secondary N) is 1. The number of ether oxygens (including phenoxy) is 1. The average Bonchev–Trinajstić information content (AvgIpc) is 3.15. The molecule has 0 aliphatic carbocycles. The van der Waals surface area contributed by atoms with Crippen molar-refractivity contribution in [2.45, 2.75) is 19.4 Å². The quantitative estimate of drug-likeness (QED) is 0.633. The topological polar surface area (TPSA) is 77.2 Å². The second kappa shape index (κ2) is 8.88. The van der Waals surface area contributed by atoms with Crippen LogP contribution < -0.4 is 10.1 Å². The average molecular weight is 406 g/mol. The first-order valence-electron chi connectivity index (χ1n) is 8.23. The Bertz CT molecular complexity index is 926. The van der Waals surface area contributed by atoms with Gasteiger partial charge in [0.1, 0.15) is 5.75 Å². The van der Waals surface area contributed by atoms with Crippen molar-refractivity contribution in [1.29, 1.82) is 0 Å². The minimum absolute atomic E-state index is 0.134. The minimum atomic E-state index is -0.134. The highest BCUT2D eigenvalue weighted by atomic mass is 35.5. The maximum atomic E-state index is 12.0. The number of hydrogen-bond acceptors (Lipinski definition) is 5. The molecule has 2 aromatic carbocycles. The number of hydrogen-bond donors (Lipinski definition) is 1. The van der Waals surface area contributed by atoms with Crippen LogP contribution in [0.2, 0.25) is 10.0 Å². The monoisotopic (exact) mass is 405 g/mol. The second-order valence-corrected chi connectivity index (χ2v) is 6.60. The Morgan fingerprint density at radius 1 is 1.19 bits per heavy atom. The van der Waals surface area contributed by atoms with E-state index >= 15 is 0 Å². The Morgan fingerprint density at radius 3 is 2.67 bits per heavy atom. The summed E-state index contributed by atoms with van der Waals surface area (Å²) in [5, 5.41) is 7.83. The van der Waals surface area contributed by atoms with E-state index in [-0.39, 0.29) is 12.3 Å². The number of nitrogens with zero attached hydrogens (tertiary/aromatic N) is 2. The van der Waals surface area contributed by atoms with Crippen molar-refractivity contribution in [2.75, 3.05) is 7.11 Å². The fourth-order valence-corrected chi connectivity index (χ4v) is 2.86. The third-order valence-corrected chi connectivity index (χ3v) is 4.46. The van der Waals surface area contributed by atoms with Crippen LogP contribution in [0.1, 0.15) is 17.9 Å². The van der Waals surface area contributed by atoms with Gasteiger partial charge in [0, 0.05) is 35.0 Å². The van der Waals surface area contributed by atoms with Crippen LogP contribution in [0.3, 0.4) is 0 Å². The number of carbonyl (C=O) groups excluding carboxylic acids is 1. The van der Waals surface area contributed by atoms with Crippen molar-refractivity contribution >= 4 is 29.1 Å².